The van der Waals surface area contributed by atoms with Gasteiger partial charge in [0.25, 0.3) is 5.91 Å². The Morgan fingerprint density at radius 1 is 1.20 bits per heavy atom. The number of amides is 2. The first-order valence-corrected chi connectivity index (χ1v) is 9.00. The van der Waals surface area contributed by atoms with Crippen LogP contribution in [-0.2, 0) is 4.79 Å². The standard InChI is InChI=1S/C18H24ClN3O2.ClH/c1-13-11-20-8-10-22(13)18(24)15-3-2-9-21(12-15)17(23)14-4-6-16(19)7-5-14;/h4-7,13,15,20H,2-3,8-12H2,1H3;1H/t13-,15?;/m1./s1. The van der Waals surface area contributed by atoms with Crippen LogP contribution in [0.15, 0.2) is 24.3 Å². The SMILES string of the molecule is C[C@@H]1CNCCN1C(=O)C1CCCN(C(=O)c2ccc(Cl)cc2)C1.Cl. The minimum atomic E-state index is -0.0875. The number of benzene rings is 1. The van der Waals surface area contributed by atoms with Gasteiger partial charge in [-0.15, -0.1) is 12.4 Å². The highest BCUT2D eigenvalue weighted by molar-refractivity contribution is 6.30. The van der Waals surface area contributed by atoms with Gasteiger partial charge >= 0.3 is 0 Å². The van der Waals surface area contributed by atoms with Crippen molar-refractivity contribution in [1.29, 1.82) is 0 Å². The van der Waals surface area contributed by atoms with Crippen LogP contribution in [0.3, 0.4) is 0 Å². The molecule has 7 heteroatoms. The fourth-order valence-corrected chi connectivity index (χ4v) is 3.67. The minimum Gasteiger partial charge on any atom is -0.338 e. The van der Waals surface area contributed by atoms with E-state index in [1.165, 1.54) is 0 Å². The number of piperidine rings is 1. The van der Waals surface area contributed by atoms with Crippen LogP contribution >= 0.6 is 24.0 Å². The van der Waals surface area contributed by atoms with E-state index in [9.17, 15) is 9.59 Å². The first-order valence-electron chi connectivity index (χ1n) is 8.62. The third-order valence-corrected chi connectivity index (χ3v) is 5.19. The molecule has 2 aliphatic heterocycles. The highest BCUT2D eigenvalue weighted by atomic mass is 35.5. The molecule has 2 atom stereocenters. The molecule has 2 aliphatic rings. The number of rotatable bonds is 2. The van der Waals surface area contributed by atoms with Gasteiger partial charge in [-0.2, -0.15) is 0 Å². The lowest BCUT2D eigenvalue weighted by molar-refractivity contribution is -0.139. The molecule has 3 rings (SSSR count). The van der Waals surface area contributed by atoms with E-state index in [1.54, 1.807) is 24.3 Å². The topological polar surface area (TPSA) is 52.7 Å². The number of nitrogens with zero attached hydrogens (tertiary/aromatic N) is 2. The molecule has 138 valence electrons. The van der Waals surface area contributed by atoms with Crippen LogP contribution in [0.2, 0.25) is 5.02 Å². The lowest BCUT2D eigenvalue weighted by atomic mass is 9.95. The normalized spacial score (nSPS) is 23.8. The lowest BCUT2D eigenvalue weighted by Gasteiger charge is -2.39. The number of halogens is 2. The highest BCUT2D eigenvalue weighted by Gasteiger charge is 2.33. The van der Waals surface area contributed by atoms with E-state index >= 15 is 0 Å². The molecular weight excluding hydrogens is 361 g/mol. The summed E-state index contributed by atoms with van der Waals surface area (Å²) in [5.41, 5.74) is 0.628. The molecule has 1 aromatic carbocycles. The molecule has 0 radical (unpaired) electrons. The van der Waals surface area contributed by atoms with Crippen molar-refractivity contribution in [3.05, 3.63) is 34.9 Å². The lowest BCUT2D eigenvalue weighted by Crippen LogP contribution is -2.55. The summed E-state index contributed by atoms with van der Waals surface area (Å²) in [6.45, 7) is 5.73. The number of hydrogen-bond acceptors (Lipinski definition) is 3. The number of piperazine rings is 1. The summed E-state index contributed by atoms with van der Waals surface area (Å²) in [6, 6.07) is 7.16. The molecule has 0 aromatic heterocycles. The maximum atomic E-state index is 12.9. The molecule has 0 aliphatic carbocycles. The van der Waals surface area contributed by atoms with E-state index in [0.29, 0.717) is 23.7 Å². The van der Waals surface area contributed by atoms with E-state index in [0.717, 1.165) is 32.5 Å². The number of likely N-dealkylation sites (tertiary alicyclic amines) is 1. The predicted molar refractivity (Wildman–Crippen MR) is 101 cm³/mol. The zero-order chi connectivity index (χ0) is 17.1. The average Bonchev–Trinajstić information content (AvgIpc) is 2.62. The van der Waals surface area contributed by atoms with Crippen LogP contribution in [0.5, 0.6) is 0 Å². The second-order valence-corrected chi connectivity index (χ2v) is 7.12. The van der Waals surface area contributed by atoms with Gasteiger partial charge in [0.2, 0.25) is 5.91 Å². The van der Waals surface area contributed by atoms with Gasteiger partial charge in [-0.25, -0.2) is 0 Å². The molecule has 2 amide bonds. The van der Waals surface area contributed by atoms with Gasteiger partial charge in [0.1, 0.15) is 0 Å². The van der Waals surface area contributed by atoms with E-state index in [1.807, 2.05) is 9.80 Å². The Morgan fingerprint density at radius 3 is 2.60 bits per heavy atom. The molecule has 2 heterocycles. The zero-order valence-electron chi connectivity index (χ0n) is 14.4. The third kappa shape index (κ3) is 4.66. The molecule has 1 N–H and O–H groups in total. The number of carbonyl (C=O) groups excluding carboxylic acids is 2. The fraction of sp³-hybridized carbons (Fsp3) is 0.556. The zero-order valence-corrected chi connectivity index (χ0v) is 16.0. The van der Waals surface area contributed by atoms with Crippen LogP contribution in [0.4, 0.5) is 0 Å². The van der Waals surface area contributed by atoms with Gasteiger partial charge in [-0.3, -0.25) is 9.59 Å². The second-order valence-electron chi connectivity index (χ2n) is 6.68. The largest absolute Gasteiger partial charge is 0.338 e. The minimum absolute atomic E-state index is 0. The number of nitrogens with one attached hydrogen (secondary N) is 1. The summed E-state index contributed by atoms with van der Waals surface area (Å²) in [5, 5.41) is 3.92. The van der Waals surface area contributed by atoms with Crippen LogP contribution in [-0.4, -0.2) is 60.4 Å². The summed E-state index contributed by atoms with van der Waals surface area (Å²) in [7, 11) is 0. The first-order chi connectivity index (χ1) is 11.6. The van der Waals surface area contributed by atoms with Crippen molar-refractivity contribution in [2.45, 2.75) is 25.8 Å². The number of carbonyl (C=O) groups is 2. The molecule has 1 aromatic rings. The fourth-order valence-electron chi connectivity index (χ4n) is 3.54. The van der Waals surface area contributed by atoms with Crippen molar-refractivity contribution in [1.82, 2.24) is 15.1 Å². The van der Waals surface area contributed by atoms with E-state index in [4.69, 9.17) is 11.6 Å². The molecule has 2 saturated heterocycles. The smallest absolute Gasteiger partial charge is 0.253 e. The van der Waals surface area contributed by atoms with Crippen molar-refractivity contribution in [2.24, 2.45) is 5.92 Å². The first kappa shape index (κ1) is 20.0. The molecule has 1 unspecified atom stereocenters. The second kappa shape index (κ2) is 8.88. The van der Waals surface area contributed by atoms with Crippen molar-refractivity contribution < 1.29 is 9.59 Å². The quantitative estimate of drug-likeness (QED) is 0.850. The van der Waals surface area contributed by atoms with E-state index < -0.39 is 0 Å². The highest BCUT2D eigenvalue weighted by Crippen LogP contribution is 2.22. The van der Waals surface area contributed by atoms with Crippen molar-refractivity contribution in [2.75, 3.05) is 32.7 Å². The number of hydrogen-bond donors (Lipinski definition) is 1. The molecule has 2 fully saturated rings. The summed E-state index contributed by atoms with van der Waals surface area (Å²) >= 11 is 5.89. The predicted octanol–water partition coefficient (Wildman–Crippen LogP) is 2.43. The molecule has 25 heavy (non-hydrogen) atoms. The summed E-state index contributed by atoms with van der Waals surface area (Å²) in [6.07, 6.45) is 1.73. The van der Waals surface area contributed by atoms with Gasteiger partial charge in [-0.05, 0) is 44.0 Å². The van der Waals surface area contributed by atoms with Crippen LogP contribution in [0, 0.1) is 5.92 Å². The van der Waals surface area contributed by atoms with Crippen LogP contribution in [0.25, 0.3) is 0 Å². The molecule has 5 nitrogen and oxygen atoms in total. The third-order valence-electron chi connectivity index (χ3n) is 4.93. The van der Waals surface area contributed by atoms with Crippen molar-refractivity contribution in [3.8, 4) is 0 Å². The van der Waals surface area contributed by atoms with Crippen molar-refractivity contribution in [3.63, 3.8) is 0 Å². The van der Waals surface area contributed by atoms with Crippen LogP contribution in [0.1, 0.15) is 30.1 Å². The van der Waals surface area contributed by atoms with Gasteiger partial charge in [0.05, 0.1) is 5.92 Å². The van der Waals surface area contributed by atoms with Gasteiger partial charge < -0.3 is 15.1 Å². The Labute approximate surface area is 160 Å². The average molecular weight is 386 g/mol. The van der Waals surface area contributed by atoms with Crippen LogP contribution < -0.4 is 5.32 Å². The molecule has 0 spiro atoms. The van der Waals surface area contributed by atoms with E-state index in [-0.39, 0.29) is 36.2 Å². The Bertz CT molecular complexity index is 609. The van der Waals surface area contributed by atoms with Gasteiger partial charge in [-0.1, -0.05) is 11.6 Å². The molecule has 0 bridgehead atoms. The molecule has 0 saturated carbocycles. The summed E-state index contributed by atoms with van der Waals surface area (Å²) in [5.74, 6) is 0.0886. The Kier molecular flexibility index (Phi) is 7.11. The maximum Gasteiger partial charge on any atom is 0.253 e. The maximum absolute atomic E-state index is 12.9. The van der Waals surface area contributed by atoms with E-state index in [2.05, 4.69) is 12.2 Å². The summed E-state index contributed by atoms with van der Waals surface area (Å²) in [4.78, 5) is 29.3. The van der Waals surface area contributed by atoms with Gasteiger partial charge in [0.15, 0.2) is 0 Å². The Morgan fingerprint density at radius 2 is 1.92 bits per heavy atom. The van der Waals surface area contributed by atoms with Gasteiger partial charge in [0, 0.05) is 49.4 Å². The monoisotopic (exact) mass is 385 g/mol. The Hall–Kier alpha value is -1.30. The molecular formula is C18H25Cl2N3O2. The Balaban J connectivity index is 0.00000225. The summed E-state index contributed by atoms with van der Waals surface area (Å²) < 4.78 is 0. The van der Waals surface area contributed by atoms with Crippen molar-refractivity contribution >= 4 is 35.8 Å².